The number of aryl methyl sites for hydroxylation is 1. The SMILES string of the molecule is Cc1cc(C(=O)NCc2cc(Cl)c3c(c2)OCCCO3)c(C)n1C1CC1. The number of fused-ring (bicyclic) bond motifs is 1. The highest BCUT2D eigenvalue weighted by Gasteiger charge is 2.28. The second-order valence-corrected chi connectivity index (χ2v) is 7.43. The number of amides is 1. The normalized spacial score (nSPS) is 16.3. The molecule has 0 spiro atoms. The first-order chi connectivity index (χ1) is 12.5. The number of benzene rings is 1. The zero-order valence-electron chi connectivity index (χ0n) is 15.1. The van der Waals surface area contributed by atoms with Crippen LogP contribution < -0.4 is 14.8 Å². The molecule has 1 amide bonds. The van der Waals surface area contributed by atoms with Gasteiger partial charge in [0.15, 0.2) is 11.5 Å². The monoisotopic (exact) mass is 374 g/mol. The van der Waals surface area contributed by atoms with Gasteiger partial charge in [0, 0.05) is 30.4 Å². The maximum atomic E-state index is 12.7. The van der Waals surface area contributed by atoms with Gasteiger partial charge in [0.25, 0.3) is 5.91 Å². The van der Waals surface area contributed by atoms with Gasteiger partial charge in [-0.3, -0.25) is 4.79 Å². The fourth-order valence-corrected chi connectivity index (χ4v) is 3.85. The van der Waals surface area contributed by atoms with Crippen molar-refractivity contribution in [2.75, 3.05) is 13.2 Å². The zero-order chi connectivity index (χ0) is 18.3. The maximum absolute atomic E-state index is 12.7. The van der Waals surface area contributed by atoms with Gasteiger partial charge in [-0.05, 0) is 50.5 Å². The highest BCUT2D eigenvalue weighted by atomic mass is 35.5. The standard InChI is InChI=1S/C20H23ClN2O3/c1-12-8-16(13(2)23(12)15-4-5-15)20(24)22-11-14-9-17(21)19-18(10-14)25-6-3-7-26-19/h8-10,15H,3-7,11H2,1-2H3,(H,22,24). The molecule has 5 nitrogen and oxygen atoms in total. The largest absolute Gasteiger partial charge is 0.489 e. The van der Waals surface area contributed by atoms with Crippen LogP contribution in [0.15, 0.2) is 18.2 Å². The maximum Gasteiger partial charge on any atom is 0.253 e. The zero-order valence-corrected chi connectivity index (χ0v) is 15.9. The molecule has 1 saturated carbocycles. The van der Waals surface area contributed by atoms with Gasteiger partial charge in [-0.2, -0.15) is 0 Å². The molecular formula is C20H23ClN2O3. The summed E-state index contributed by atoms with van der Waals surface area (Å²) in [7, 11) is 0. The lowest BCUT2D eigenvalue weighted by molar-refractivity contribution is 0.0950. The molecule has 4 rings (SSSR count). The van der Waals surface area contributed by atoms with Crippen LogP contribution in [0, 0.1) is 13.8 Å². The second-order valence-electron chi connectivity index (χ2n) is 7.02. The second kappa shape index (κ2) is 6.88. The summed E-state index contributed by atoms with van der Waals surface area (Å²) in [6.45, 7) is 5.67. The van der Waals surface area contributed by atoms with E-state index in [0.717, 1.165) is 28.9 Å². The summed E-state index contributed by atoms with van der Waals surface area (Å²) < 4.78 is 13.6. The lowest BCUT2D eigenvalue weighted by Gasteiger charge is -2.12. The molecule has 1 aromatic carbocycles. The van der Waals surface area contributed by atoms with Crippen molar-refractivity contribution in [1.82, 2.24) is 9.88 Å². The van der Waals surface area contributed by atoms with E-state index in [9.17, 15) is 4.79 Å². The van der Waals surface area contributed by atoms with E-state index in [1.54, 1.807) is 0 Å². The number of halogens is 1. The summed E-state index contributed by atoms with van der Waals surface area (Å²) >= 11 is 6.32. The summed E-state index contributed by atoms with van der Waals surface area (Å²) in [6.07, 6.45) is 3.23. The fourth-order valence-electron chi connectivity index (χ4n) is 3.57. The molecule has 1 N–H and O–H groups in total. The Hall–Kier alpha value is -2.14. The average molecular weight is 375 g/mol. The lowest BCUT2D eigenvalue weighted by atomic mass is 10.1. The van der Waals surface area contributed by atoms with Crippen molar-refractivity contribution in [3.63, 3.8) is 0 Å². The number of hydrogen-bond acceptors (Lipinski definition) is 3. The van der Waals surface area contributed by atoms with Gasteiger partial charge in [0.2, 0.25) is 0 Å². The highest BCUT2D eigenvalue weighted by molar-refractivity contribution is 6.32. The Morgan fingerprint density at radius 2 is 2.00 bits per heavy atom. The van der Waals surface area contributed by atoms with Gasteiger partial charge in [0.1, 0.15) is 0 Å². The number of carbonyl (C=O) groups is 1. The van der Waals surface area contributed by atoms with Crippen molar-refractivity contribution in [1.29, 1.82) is 0 Å². The topological polar surface area (TPSA) is 52.5 Å². The van der Waals surface area contributed by atoms with E-state index in [2.05, 4.69) is 16.8 Å². The van der Waals surface area contributed by atoms with Crippen LogP contribution >= 0.6 is 11.6 Å². The van der Waals surface area contributed by atoms with Crippen LogP contribution in [0.4, 0.5) is 0 Å². The van der Waals surface area contributed by atoms with Crippen LogP contribution in [0.5, 0.6) is 11.5 Å². The van der Waals surface area contributed by atoms with Gasteiger partial charge < -0.3 is 19.4 Å². The molecule has 1 fully saturated rings. The summed E-state index contributed by atoms with van der Waals surface area (Å²) in [4.78, 5) is 12.7. The van der Waals surface area contributed by atoms with Crippen molar-refractivity contribution in [2.24, 2.45) is 0 Å². The van der Waals surface area contributed by atoms with Gasteiger partial charge in [-0.25, -0.2) is 0 Å². The van der Waals surface area contributed by atoms with Crippen LogP contribution in [0.1, 0.15) is 52.6 Å². The number of aromatic nitrogens is 1. The minimum absolute atomic E-state index is 0.0618. The van der Waals surface area contributed by atoms with Crippen molar-refractivity contribution >= 4 is 17.5 Å². The molecule has 138 valence electrons. The Morgan fingerprint density at radius 3 is 2.77 bits per heavy atom. The van der Waals surface area contributed by atoms with Crippen molar-refractivity contribution in [2.45, 2.75) is 45.7 Å². The van der Waals surface area contributed by atoms with E-state index >= 15 is 0 Å². The van der Waals surface area contributed by atoms with E-state index in [-0.39, 0.29) is 5.91 Å². The van der Waals surface area contributed by atoms with Crippen LogP contribution in [0.3, 0.4) is 0 Å². The highest BCUT2D eigenvalue weighted by Crippen LogP contribution is 2.39. The fraction of sp³-hybridized carbons (Fsp3) is 0.450. The Kier molecular flexibility index (Phi) is 4.57. The van der Waals surface area contributed by atoms with Crippen LogP contribution in [0.25, 0.3) is 0 Å². The van der Waals surface area contributed by atoms with Gasteiger partial charge in [0.05, 0.1) is 23.8 Å². The van der Waals surface area contributed by atoms with E-state index in [1.807, 2.05) is 25.1 Å². The summed E-state index contributed by atoms with van der Waals surface area (Å²) in [5, 5.41) is 3.51. The third-order valence-electron chi connectivity index (χ3n) is 4.96. The van der Waals surface area contributed by atoms with Crippen LogP contribution in [-0.4, -0.2) is 23.7 Å². The Bertz CT molecular complexity index is 855. The van der Waals surface area contributed by atoms with E-state index < -0.39 is 0 Å². The Labute approximate surface area is 158 Å². The summed E-state index contributed by atoms with van der Waals surface area (Å²) in [6, 6.07) is 6.25. The minimum atomic E-state index is -0.0618. The van der Waals surface area contributed by atoms with Crippen LogP contribution in [0.2, 0.25) is 5.02 Å². The molecule has 0 saturated heterocycles. The predicted molar refractivity (Wildman–Crippen MR) is 100 cm³/mol. The van der Waals surface area contributed by atoms with Crippen molar-refractivity contribution in [3.8, 4) is 11.5 Å². The van der Waals surface area contributed by atoms with Gasteiger partial charge >= 0.3 is 0 Å². The first-order valence-corrected chi connectivity index (χ1v) is 9.47. The molecule has 2 aliphatic rings. The smallest absolute Gasteiger partial charge is 0.253 e. The molecule has 26 heavy (non-hydrogen) atoms. The molecule has 2 heterocycles. The third-order valence-corrected chi connectivity index (χ3v) is 5.24. The molecule has 0 radical (unpaired) electrons. The van der Waals surface area contributed by atoms with E-state index in [4.69, 9.17) is 21.1 Å². The first-order valence-electron chi connectivity index (χ1n) is 9.09. The predicted octanol–water partition coefficient (Wildman–Crippen LogP) is 4.18. The summed E-state index contributed by atoms with van der Waals surface area (Å²) in [5.41, 5.74) is 3.83. The molecule has 1 aromatic heterocycles. The minimum Gasteiger partial charge on any atom is -0.489 e. The van der Waals surface area contributed by atoms with Crippen molar-refractivity contribution in [3.05, 3.63) is 45.7 Å². The molecule has 6 heteroatoms. The number of nitrogens with zero attached hydrogens (tertiary/aromatic N) is 1. The Morgan fingerprint density at radius 1 is 1.23 bits per heavy atom. The molecule has 0 unspecified atom stereocenters. The quantitative estimate of drug-likeness (QED) is 0.873. The molecular weight excluding hydrogens is 352 g/mol. The molecule has 2 aromatic rings. The number of ether oxygens (including phenoxy) is 2. The average Bonchev–Trinajstić information content (AvgIpc) is 3.41. The molecule has 1 aliphatic carbocycles. The van der Waals surface area contributed by atoms with E-state index in [0.29, 0.717) is 42.3 Å². The number of nitrogens with one attached hydrogen (secondary N) is 1. The van der Waals surface area contributed by atoms with Crippen LogP contribution in [-0.2, 0) is 6.54 Å². The first kappa shape index (κ1) is 17.3. The molecule has 0 atom stereocenters. The van der Waals surface area contributed by atoms with Gasteiger partial charge in [-0.1, -0.05) is 11.6 Å². The molecule has 0 bridgehead atoms. The number of hydrogen-bond donors (Lipinski definition) is 1. The third kappa shape index (κ3) is 3.28. The van der Waals surface area contributed by atoms with Crippen molar-refractivity contribution < 1.29 is 14.3 Å². The summed E-state index contributed by atoms with van der Waals surface area (Å²) in [5.74, 6) is 1.17. The number of carbonyl (C=O) groups excluding carboxylic acids is 1. The Balaban J connectivity index is 1.49. The van der Waals surface area contributed by atoms with Gasteiger partial charge in [-0.15, -0.1) is 0 Å². The van der Waals surface area contributed by atoms with E-state index in [1.165, 1.54) is 12.8 Å². The lowest BCUT2D eigenvalue weighted by Crippen LogP contribution is -2.23. The number of rotatable bonds is 4. The molecule has 1 aliphatic heterocycles.